The lowest BCUT2D eigenvalue weighted by Crippen LogP contribution is -2.09. The first-order chi connectivity index (χ1) is 10.1. The molecule has 0 spiro atoms. The van der Waals surface area contributed by atoms with Crippen LogP contribution in [0, 0.1) is 0 Å². The van der Waals surface area contributed by atoms with E-state index in [9.17, 15) is 4.79 Å². The summed E-state index contributed by atoms with van der Waals surface area (Å²) < 4.78 is 10.7. The fourth-order valence-corrected chi connectivity index (χ4v) is 2.21. The van der Waals surface area contributed by atoms with Gasteiger partial charge in [-0.25, -0.2) is 0 Å². The molecule has 0 radical (unpaired) electrons. The molecule has 0 unspecified atom stereocenters. The molecule has 0 heterocycles. The number of methoxy groups -OCH3 is 1. The summed E-state index contributed by atoms with van der Waals surface area (Å²) in [4.78, 5) is 11.4. The minimum atomic E-state index is -0.290. The molecule has 2 rings (SSSR count). The summed E-state index contributed by atoms with van der Waals surface area (Å²) in [7, 11) is 1.38. The van der Waals surface area contributed by atoms with E-state index in [1.165, 1.54) is 7.11 Å². The highest BCUT2D eigenvalue weighted by Gasteiger charge is 2.13. The minimum absolute atomic E-state index is 0.164. The van der Waals surface area contributed by atoms with Crippen molar-refractivity contribution in [1.82, 2.24) is 0 Å². The topological polar surface area (TPSA) is 35.5 Å². The van der Waals surface area contributed by atoms with Gasteiger partial charge in [0.1, 0.15) is 11.9 Å². The Morgan fingerprint density at radius 2 is 1.95 bits per heavy atom. The number of hydrogen-bond acceptors (Lipinski definition) is 3. The van der Waals surface area contributed by atoms with Crippen molar-refractivity contribution in [2.75, 3.05) is 7.11 Å². The van der Waals surface area contributed by atoms with Gasteiger partial charge in [0, 0.05) is 10.6 Å². The van der Waals surface area contributed by atoms with Crippen molar-refractivity contribution in [3.8, 4) is 5.75 Å². The van der Waals surface area contributed by atoms with Crippen molar-refractivity contribution in [1.29, 1.82) is 0 Å². The van der Waals surface area contributed by atoms with Crippen molar-refractivity contribution in [2.24, 2.45) is 0 Å². The SMILES string of the molecule is COC(=O)Cc1ccccc1O[C@@H](C)c1cccc(Cl)c1. The second-order valence-corrected chi connectivity index (χ2v) is 5.11. The zero-order valence-corrected chi connectivity index (χ0v) is 12.8. The average molecular weight is 305 g/mol. The Kier molecular flexibility index (Phi) is 5.23. The summed E-state index contributed by atoms with van der Waals surface area (Å²) in [6.07, 6.45) is 0.0251. The van der Waals surface area contributed by atoms with E-state index in [1.54, 1.807) is 0 Å². The van der Waals surface area contributed by atoms with Crippen LogP contribution < -0.4 is 4.74 Å². The van der Waals surface area contributed by atoms with E-state index in [2.05, 4.69) is 0 Å². The van der Waals surface area contributed by atoms with Crippen LogP contribution in [0.3, 0.4) is 0 Å². The smallest absolute Gasteiger partial charge is 0.310 e. The molecule has 110 valence electrons. The van der Waals surface area contributed by atoms with E-state index in [-0.39, 0.29) is 18.5 Å². The Hall–Kier alpha value is -2.00. The standard InChI is InChI=1S/C17H17ClO3/c1-12(13-7-5-8-15(18)10-13)21-16-9-4-3-6-14(16)11-17(19)20-2/h3-10,12H,11H2,1-2H3/t12-/m0/s1. The third-order valence-electron chi connectivity index (χ3n) is 3.16. The number of esters is 1. The van der Waals surface area contributed by atoms with Crippen LogP contribution in [0.15, 0.2) is 48.5 Å². The summed E-state index contributed by atoms with van der Waals surface area (Å²) in [5.74, 6) is 0.386. The number of ether oxygens (including phenoxy) is 2. The molecule has 0 aliphatic rings. The minimum Gasteiger partial charge on any atom is -0.486 e. The fraction of sp³-hybridized carbons (Fsp3) is 0.235. The molecule has 3 nitrogen and oxygen atoms in total. The number of carbonyl (C=O) groups excluding carboxylic acids is 1. The number of hydrogen-bond donors (Lipinski definition) is 0. The lowest BCUT2D eigenvalue weighted by atomic mass is 10.1. The van der Waals surface area contributed by atoms with E-state index in [1.807, 2.05) is 55.5 Å². The van der Waals surface area contributed by atoms with Crippen molar-refractivity contribution in [2.45, 2.75) is 19.4 Å². The summed E-state index contributed by atoms with van der Waals surface area (Å²) in [6, 6.07) is 15.0. The zero-order valence-electron chi connectivity index (χ0n) is 12.0. The van der Waals surface area contributed by atoms with Gasteiger partial charge in [-0.3, -0.25) is 4.79 Å². The summed E-state index contributed by atoms with van der Waals surface area (Å²) in [6.45, 7) is 1.95. The maximum atomic E-state index is 11.4. The van der Waals surface area contributed by atoms with E-state index in [4.69, 9.17) is 21.1 Å². The maximum Gasteiger partial charge on any atom is 0.310 e. The third kappa shape index (κ3) is 4.23. The highest BCUT2D eigenvalue weighted by Crippen LogP contribution is 2.26. The van der Waals surface area contributed by atoms with Crippen LogP contribution in [0.25, 0.3) is 0 Å². The summed E-state index contributed by atoms with van der Waals surface area (Å²) >= 11 is 5.99. The quantitative estimate of drug-likeness (QED) is 0.777. The molecule has 4 heteroatoms. The molecule has 2 aromatic carbocycles. The first kappa shape index (κ1) is 15.4. The molecule has 0 amide bonds. The summed E-state index contributed by atoms with van der Waals surface area (Å²) in [5, 5.41) is 0.672. The van der Waals surface area contributed by atoms with Crippen molar-refractivity contribution < 1.29 is 14.3 Å². The van der Waals surface area contributed by atoms with Crippen LogP contribution in [0.2, 0.25) is 5.02 Å². The molecule has 0 aliphatic heterocycles. The monoisotopic (exact) mass is 304 g/mol. The van der Waals surface area contributed by atoms with E-state index < -0.39 is 0 Å². The van der Waals surface area contributed by atoms with Crippen LogP contribution in [0.4, 0.5) is 0 Å². The Balaban J connectivity index is 2.17. The molecular formula is C17H17ClO3. The molecule has 2 aromatic rings. The van der Waals surface area contributed by atoms with Crippen LogP contribution >= 0.6 is 11.6 Å². The Morgan fingerprint density at radius 1 is 1.19 bits per heavy atom. The van der Waals surface area contributed by atoms with Gasteiger partial charge in [-0.15, -0.1) is 0 Å². The lowest BCUT2D eigenvalue weighted by Gasteiger charge is -2.17. The second-order valence-electron chi connectivity index (χ2n) is 4.68. The second kappa shape index (κ2) is 7.14. The molecule has 0 fully saturated rings. The van der Waals surface area contributed by atoms with Gasteiger partial charge < -0.3 is 9.47 Å². The first-order valence-corrected chi connectivity index (χ1v) is 7.05. The molecule has 0 N–H and O–H groups in total. The third-order valence-corrected chi connectivity index (χ3v) is 3.39. The normalized spacial score (nSPS) is 11.8. The van der Waals surface area contributed by atoms with E-state index in [0.29, 0.717) is 10.8 Å². The van der Waals surface area contributed by atoms with Gasteiger partial charge in [0.15, 0.2) is 0 Å². The molecule has 0 bridgehead atoms. The van der Waals surface area contributed by atoms with E-state index >= 15 is 0 Å². The fourth-order valence-electron chi connectivity index (χ4n) is 2.01. The molecule has 1 atom stereocenters. The highest BCUT2D eigenvalue weighted by molar-refractivity contribution is 6.30. The lowest BCUT2D eigenvalue weighted by molar-refractivity contribution is -0.139. The Morgan fingerprint density at radius 3 is 2.67 bits per heavy atom. The predicted molar refractivity (Wildman–Crippen MR) is 82.7 cm³/mol. The highest BCUT2D eigenvalue weighted by atomic mass is 35.5. The van der Waals surface area contributed by atoms with Gasteiger partial charge in [0.25, 0.3) is 0 Å². The number of benzene rings is 2. The first-order valence-electron chi connectivity index (χ1n) is 6.67. The van der Waals surface area contributed by atoms with Gasteiger partial charge >= 0.3 is 5.97 Å². The van der Waals surface area contributed by atoms with Crippen LogP contribution in [-0.2, 0) is 16.0 Å². The Bertz CT molecular complexity index is 625. The predicted octanol–water partition coefficient (Wildman–Crippen LogP) is 4.20. The van der Waals surface area contributed by atoms with Crippen molar-refractivity contribution in [3.05, 3.63) is 64.7 Å². The molecule has 21 heavy (non-hydrogen) atoms. The van der Waals surface area contributed by atoms with Crippen LogP contribution in [0.1, 0.15) is 24.2 Å². The maximum absolute atomic E-state index is 11.4. The number of para-hydroxylation sites is 1. The van der Waals surface area contributed by atoms with Gasteiger partial charge in [-0.05, 0) is 30.7 Å². The van der Waals surface area contributed by atoms with Crippen molar-refractivity contribution >= 4 is 17.6 Å². The van der Waals surface area contributed by atoms with Crippen LogP contribution in [0.5, 0.6) is 5.75 Å². The molecule has 0 saturated heterocycles. The molecule has 0 aromatic heterocycles. The molecule has 0 saturated carbocycles. The zero-order chi connectivity index (χ0) is 15.2. The van der Waals surface area contributed by atoms with E-state index in [0.717, 1.165) is 11.1 Å². The van der Waals surface area contributed by atoms with Gasteiger partial charge in [-0.1, -0.05) is 41.9 Å². The number of rotatable bonds is 5. The number of halogens is 1. The summed E-state index contributed by atoms with van der Waals surface area (Å²) in [5.41, 5.74) is 1.79. The molecular weight excluding hydrogens is 288 g/mol. The largest absolute Gasteiger partial charge is 0.486 e. The van der Waals surface area contributed by atoms with Crippen LogP contribution in [-0.4, -0.2) is 13.1 Å². The molecule has 0 aliphatic carbocycles. The van der Waals surface area contributed by atoms with Gasteiger partial charge in [-0.2, -0.15) is 0 Å². The Labute approximate surface area is 129 Å². The van der Waals surface area contributed by atoms with Crippen molar-refractivity contribution in [3.63, 3.8) is 0 Å². The average Bonchev–Trinajstić information content (AvgIpc) is 2.49. The number of carbonyl (C=O) groups is 1. The van der Waals surface area contributed by atoms with Gasteiger partial charge in [0.2, 0.25) is 0 Å². The van der Waals surface area contributed by atoms with Gasteiger partial charge in [0.05, 0.1) is 13.5 Å².